The van der Waals surface area contributed by atoms with Crippen molar-refractivity contribution in [2.24, 2.45) is 0 Å². The Morgan fingerprint density at radius 3 is 2.75 bits per heavy atom. The quantitative estimate of drug-likeness (QED) is 0.926. The van der Waals surface area contributed by atoms with Crippen molar-refractivity contribution >= 4 is 27.4 Å². The number of sulfonamides is 1. The molecule has 0 radical (unpaired) electrons. The van der Waals surface area contributed by atoms with Crippen LogP contribution in [0, 0.1) is 6.92 Å². The second-order valence-electron chi connectivity index (χ2n) is 6.08. The van der Waals surface area contributed by atoms with E-state index in [-0.39, 0.29) is 11.9 Å². The third-order valence-corrected chi connectivity index (χ3v) is 5.36. The van der Waals surface area contributed by atoms with Crippen LogP contribution in [0.4, 0.5) is 11.5 Å². The highest BCUT2D eigenvalue weighted by Crippen LogP contribution is 2.34. The Balaban J connectivity index is 1.89. The SMILES string of the molecule is Cc1cccnc1NC(=O)c1ccc2c(c1)C[C@@H](C)N2S(C)(=O)=O. The van der Waals surface area contributed by atoms with Crippen LogP contribution in [0.2, 0.25) is 0 Å². The standard InChI is InChI=1S/C17H19N3O3S/c1-11-5-4-8-18-16(11)19-17(21)13-6-7-15-14(10-13)9-12(2)20(15)24(3,22)23/h4-8,10,12H,9H2,1-3H3,(H,18,19,21)/t12-/m1/s1. The van der Waals surface area contributed by atoms with Crippen molar-refractivity contribution in [3.05, 3.63) is 53.2 Å². The lowest BCUT2D eigenvalue weighted by atomic mass is 10.1. The molecular formula is C17H19N3O3S. The van der Waals surface area contributed by atoms with Gasteiger partial charge in [0.15, 0.2) is 0 Å². The van der Waals surface area contributed by atoms with E-state index < -0.39 is 10.0 Å². The zero-order chi connectivity index (χ0) is 17.5. The third kappa shape index (κ3) is 2.99. The maximum absolute atomic E-state index is 12.4. The Morgan fingerprint density at radius 2 is 2.08 bits per heavy atom. The number of carbonyl (C=O) groups is 1. The van der Waals surface area contributed by atoms with Crippen molar-refractivity contribution in [3.8, 4) is 0 Å². The zero-order valence-electron chi connectivity index (χ0n) is 13.8. The highest BCUT2D eigenvalue weighted by Gasteiger charge is 2.32. The van der Waals surface area contributed by atoms with Gasteiger partial charge in [0.2, 0.25) is 10.0 Å². The largest absolute Gasteiger partial charge is 0.306 e. The van der Waals surface area contributed by atoms with Crippen molar-refractivity contribution < 1.29 is 13.2 Å². The number of nitrogens with one attached hydrogen (secondary N) is 1. The Kier molecular flexibility index (Phi) is 4.04. The monoisotopic (exact) mass is 345 g/mol. The second-order valence-corrected chi connectivity index (χ2v) is 7.94. The Morgan fingerprint density at radius 1 is 1.33 bits per heavy atom. The Labute approximate surface area is 141 Å². The number of hydrogen-bond donors (Lipinski definition) is 1. The number of amides is 1. The molecule has 0 aliphatic carbocycles. The minimum atomic E-state index is -3.33. The summed E-state index contributed by atoms with van der Waals surface area (Å²) in [6, 6.07) is 8.62. The minimum absolute atomic E-state index is 0.147. The summed E-state index contributed by atoms with van der Waals surface area (Å²) in [5.41, 5.74) is 2.87. The van der Waals surface area contributed by atoms with Crippen molar-refractivity contribution in [1.29, 1.82) is 0 Å². The summed E-state index contributed by atoms with van der Waals surface area (Å²) in [4.78, 5) is 16.6. The molecular weight excluding hydrogens is 326 g/mol. The molecule has 7 heteroatoms. The molecule has 1 aromatic heterocycles. The first-order valence-electron chi connectivity index (χ1n) is 7.62. The third-order valence-electron chi connectivity index (χ3n) is 4.09. The van der Waals surface area contributed by atoms with Gasteiger partial charge in [-0.2, -0.15) is 0 Å². The molecule has 1 aliphatic rings. The molecule has 0 spiro atoms. The Hall–Kier alpha value is -2.41. The van der Waals surface area contributed by atoms with Crippen LogP contribution in [0.3, 0.4) is 0 Å². The highest BCUT2D eigenvalue weighted by molar-refractivity contribution is 7.92. The van der Waals surface area contributed by atoms with E-state index in [1.165, 1.54) is 10.6 Å². The predicted octanol–water partition coefficient (Wildman–Crippen LogP) is 2.35. The molecule has 0 fully saturated rings. The lowest BCUT2D eigenvalue weighted by Gasteiger charge is -2.21. The molecule has 2 aromatic rings. The number of aryl methyl sites for hydroxylation is 1. The number of carbonyl (C=O) groups excluding carboxylic acids is 1. The normalized spacial score (nSPS) is 16.8. The average Bonchev–Trinajstić information content (AvgIpc) is 2.84. The summed E-state index contributed by atoms with van der Waals surface area (Å²) in [7, 11) is -3.33. The first-order chi connectivity index (χ1) is 11.3. The number of benzene rings is 1. The van der Waals surface area contributed by atoms with Gasteiger partial charge < -0.3 is 5.32 Å². The minimum Gasteiger partial charge on any atom is -0.306 e. The number of fused-ring (bicyclic) bond motifs is 1. The van der Waals surface area contributed by atoms with Gasteiger partial charge in [0.1, 0.15) is 5.82 Å². The molecule has 6 nitrogen and oxygen atoms in total. The molecule has 1 N–H and O–H groups in total. The number of aromatic nitrogens is 1. The van der Waals surface area contributed by atoms with Crippen LogP contribution in [0.1, 0.15) is 28.4 Å². The molecule has 24 heavy (non-hydrogen) atoms. The van der Waals surface area contributed by atoms with Gasteiger partial charge in [-0.25, -0.2) is 13.4 Å². The molecule has 1 aromatic carbocycles. The first-order valence-corrected chi connectivity index (χ1v) is 9.47. The van der Waals surface area contributed by atoms with Gasteiger partial charge in [0, 0.05) is 17.8 Å². The summed E-state index contributed by atoms with van der Waals surface area (Å²) in [5, 5.41) is 2.79. The topological polar surface area (TPSA) is 79.4 Å². The van der Waals surface area contributed by atoms with Crippen LogP contribution >= 0.6 is 0 Å². The van der Waals surface area contributed by atoms with E-state index >= 15 is 0 Å². The van der Waals surface area contributed by atoms with Gasteiger partial charge in [-0.05, 0) is 55.7 Å². The Bertz CT molecular complexity index is 909. The fraction of sp³-hybridized carbons (Fsp3) is 0.294. The summed E-state index contributed by atoms with van der Waals surface area (Å²) < 4.78 is 25.3. The van der Waals surface area contributed by atoms with Crippen LogP contribution < -0.4 is 9.62 Å². The van der Waals surface area contributed by atoms with E-state index in [4.69, 9.17) is 0 Å². The van der Waals surface area contributed by atoms with Gasteiger partial charge in [0.25, 0.3) is 5.91 Å². The van der Waals surface area contributed by atoms with Crippen molar-refractivity contribution in [2.45, 2.75) is 26.3 Å². The van der Waals surface area contributed by atoms with E-state index in [0.29, 0.717) is 23.5 Å². The van der Waals surface area contributed by atoms with Crippen molar-refractivity contribution in [2.75, 3.05) is 15.9 Å². The summed E-state index contributed by atoms with van der Waals surface area (Å²) in [6.45, 7) is 3.73. The molecule has 0 unspecified atom stereocenters. The van der Waals surface area contributed by atoms with Crippen molar-refractivity contribution in [1.82, 2.24) is 4.98 Å². The lowest BCUT2D eigenvalue weighted by Crippen LogP contribution is -2.34. The number of anilines is 2. The molecule has 0 saturated heterocycles. The van der Waals surface area contributed by atoms with Crippen LogP contribution in [0.5, 0.6) is 0 Å². The lowest BCUT2D eigenvalue weighted by molar-refractivity contribution is 0.102. The smallest absolute Gasteiger partial charge is 0.256 e. The number of pyridine rings is 1. The van der Waals surface area contributed by atoms with E-state index in [1.54, 1.807) is 24.4 Å². The number of nitrogens with zero attached hydrogens (tertiary/aromatic N) is 2. The zero-order valence-corrected chi connectivity index (χ0v) is 14.6. The molecule has 1 amide bonds. The molecule has 1 atom stereocenters. The van der Waals surface area contributed by atoms with E-state index in [0.717, 1.165) is 11.1 Å². The number of rotatable bonds is 3. The van der Waals surface area contributed by atoms with Crippen LogP contribution in [-0.2, 0) is 16.4 Å². The van der Waals surface area contributed by atoms with Crippen LogP contribution in [-0.4, -0.2) is 31.6 Å². The van der Waals surface area contributed by atoms with Gasteiger partial charge in [-0.3, -0.25) is 9.10 Å². The van der Waals surface area contributed by atoms with E-state index in [1.807, 2.05) is 26.0 Å². The van der Waals surface area contributed by atoms with Crippen LogP contribution in [0.15, 0.2) is 36.5 Å². The fourth-order valence-corrected chi connectivity index (χ4v) is 4.31. The first kappa shape index (κ1) is 16.4. The van der Waals surface area contributed by atoms with Gasteiger partial charge >= 0.3 is 0 Å². The van der Waals surface area contributed by atoms with Gasteiger partial charge in [0.05, 0.1) is 11.9 Å². The highest BCUT2D eigenvalue weighted by atomic mass is 32.2. The van der Waals surface area contributed by atoms with E-state index in [9.17, 15) is 13.2 Å². The number of hydrogen-bond acceptors (Lipinski definition) is 4. The summed E-state index contributed by atoms with van der Waals surface area (Å²) in [6.07, 6.45) is 3.41. The molecule has 2 heterocycles. The molecule has 126 valence electrons. The molecule has 0 saturated carbocycles. The van der Waals surface area contributed by atoms with Crippen molar-refractivity contribution in [3.63, 3.8) is 0 Å². The van der Waals surface area contributed by atoms with Gasteiger partial charge in [-0.15, -0.1) is 0 Å². The molecule has 3 rings (SSSR count). The van der Waals surface area contributed by atoms with Gasteiger partial charge in [-0.1, -0.05) is 6.07 Å². The summed E-state index contributed by atoms with van der Waals surface area (Å²) >= 11 is 0. The summed E-state index contributed by atoms with van der Waals surface area (Å²) in [5.74, 6) is 0.263. The fourth-order valence-electron chi connectivity index (χ4n) is 3.05. The molecule has 0 bridgehead atoms. The average molecular weight is 345 g/mol. The predicted molar refractivity (Wildman–Crippen MR) is 93.9 cm³/mol. The van der Waals surface area contributed by atoms with E-state index in [2.05, 4.69) is 10.3 Å². The maximum Gasteiger partial charge on any atom is 0.256 e. The van der Waals surface area contributed by atoms with Crippen LogP contribution in [0.25, 0.3) is 0 Å². The maximum atomic E-state index is 12.4. The second kappa shape index (κ2) is 5.90. The molecule has 1 aliphatic heterocycles.